The van der Waals surface area contributed by atoms with Crippen molar-refractivity contribution in [1.82, 2.24) is 0 Å². The van der Waals surface area contributed by atoms with Gasteiger partial charge in [-0.1, -0.05) is 6.32 Å². The van der Waals surface area contributed by atoms with E-state index in [1.54, 1.807) is 0 Å². The van der Waals surface area contributed by atoms with Crippen LogP contribution in [0.25, 0.3) is 0 Å². The topological polar surface area (TPSA) is 0 Å². The quantitative estimate of drug-likeness (QED) is 0.351. The first-order valence-electron chi connectivity index (χ1n) is 1.68. The molecule has 0 aliphatic carbocycles. The van der Waals surface area contributed by atoms with E-state index in [-0.39, 0.29) is 0 Å². The fourth-order valence-corrected chi connectivity index (χ4v) is 0.231. The van der Waals surface area contributed by atoms with Crippen LogP contribution in [0.3, 0.4) is 0 Å². The highest BCUT2D eigenvalue weighted by atomic mass is 35.5. The first-order chi connectivity index (χ1) is 2.41. The summed E-state index contributed by atoms with van der Waals surface area (Å²) in [7, 11) is 5.05. The predicted molar refractivity (Wildman–Crippen MR) is 25.9 cm³/mol. The van der Waals surface area contributed by atoms with Gasteiger partial charge in [0.05, 0.1) is 7.85 Å². The van der Waals surface area contributed by atoms with Crippen LogP contribution in [-0.4, -0.2) is 13.7 Å². The molecule has 0 saturated carbocycles. The van der Waals surface area contributed by atoms with Gasteiger partial charge in [-0.2, -0.15) is 0 Å². The summed E-state index contributed by atoms with van der Waals surface area (Å²) in [6.45, 7) is 0. The summed E-state index contributed by atoms with van der Waals surface area (Å²) in [5, 5.41) is 0. The van der Waals surface area contributed by atoms with Gasteiger partial charge in [-0.05, 0) is 6.42 Å². The maximum atomic E-state index is 5.22. The van der Waals surface area contributed by atoms with Crippen molar-refractivity contribution >= 4 is 19.4 Å². The van der Waals surface area contributed by atoms with E-state index in [0.717, 1.165) is 6.42 Å². The Balaban J connectivity index is 2.19. The van der Waals surface area contributed by atoms with Gasteiger partial charge in [-0.25, -0.2) is 0 Å². The van der Waals surface area contributed by atoms with Crippen molar-refractivity contribution in [2.45, 2.75) is 12.7 Å². The molecule has 28 valence electrons. The number of rotatable bonds is 2. The standard InChI is InChI=1S/C3H6BCl/c4-2-1-3-5/h1-3H2. The predicted octanol–water partition coefficient (Wildman–Crippen LogP) is 1.20. The third-order valence-corrected chi connectivity index (χ3v) is 0.605. The lowest BCUT2D eigenvalue weighted by Gasteiger charge is -1.77. The average Bonchev–Trinajstić information content (AvgIpc) is 1.41. The molecule has 0 bridgehead atoms. The van der Waals surface area contributed by atoms with E-state index in [0.29, 0.717) is 12.2 Å². The number of hydrogen-bond donors (Lipinski definition) is 0. The SMILES string of the molecule is [B]CCCCl. The number of hydrogen-bond acceptors (Lipinski definition) is 0. The van der Waals surface area contributed by atoms with Crippen molar-refractivity contribution in [2.75, 3.05) is 5.88 Å². The van der Waals surface area contributed by atoms with Gasteiger partial charge in [0.2, 0.25) is 0 Å². The fourth-order valence-electron chi connectivity index (χ4n) is 0.0772. The highest BCUT2D eigenvalue weighted by Gasteiger charge is 1.70. The first-order valence-corrected chi connectivity index (χ1v) is 2.21. The number of halogens is 1. The molecule has 0 aromatic carbocycles. The molecule has 0 unspecified atom stereocenters. The van der Waals surface area contributed by atoms with E-state index in [4.69, 9.17) is 19.4 Å². The molecule has 0 N–H and O–H groups in total. The van der Waals surface area contributed by atoms with Crippen LogP contribution in [0.5, 0.6) is 0 Å². The molecule has 2 heteroatoms. The molecule has 0 fully saturated rings. The van der Waals surface area contributed by atoms with Crippen molar-refractivity contribution in [3.8, 4) is 0 Å². The Kier molecular flexibility index (Phi) is 4.66. The van der Waals surface area contributed by atoms with Gasteiger partial charge in [-0.15, -0.1) is 11.6 Å². The molecular weight excluding hydrogens is 82.3 g/mol. The Bertz CT molecular complexity index is 14.4. The summed E-state index contributed by atoms with van der Waals surface area (Å²) < 4.78 is 0. The Morgan fingerprint density at radius 1 is 1.60 bits per heavy atom. The Labute approximate surface area is 38.9 Å². The maximum Gasteiger partial charge on any atom is 0.0653 e. The third-order valence-electron chi connectivity index (χ3n) is 0.338. The van der Waals surface area contributed by atoms with Crippen LogP contribution in [0.1, 0.15) is 6.42 Å². The molecule has 0 aliphatic rings. The molecule has 0 heterocycles. The van der Waals surface area contributed by atoms with Crippen molar-refractivity contribution in [3.05, 3.63) is 0 Å². The van der Waals surface area contributed by atoms with Gasteiger partial charge in [-0.3, -0.25) is 0 Å². The van der Waals surface area contributed by atoms with Crippen molar-refractivity contribution < 1.29 is 0 Å². The lowest BCUT2D eigenvalue weighted by Crippen LogP contribution is -1.68. The van der Waals surface area contributed by atoms with E-state index in [2.05, 4.69) is 0 Å². The Morgan fingerprint density at radius 3 is 2.20 bits per heavy atom. The van der Waals surface area contributed by atoms with E-state index >= 15 is 0 Å². The molecule has 5 heavy (non-hydrogen) atoms. The van der Waals surface area contributed by atoms with E-state index < -0.39 is 0 Å². The van der Waals surface area contributed by atoms with Crippen molar-refractivity contribution in [3.63, 3.8) is 0 Å². The average molecular weight is 88.3 g/mol. The van der Waals surface area contributed by atoms with Crippen LogP contribution in [0.2, 0.25) is 6.32 Å². The second-order valence-electron chi connectivity index (χ2n) is 0.831. The Morgan fingerprint density at radius 2 is 2.20 bits per heavy atom. The third kappa shape index (κ3) is 4.35. The zero-order valence-electron chi connectivity index (χ0n) is 3.08. The Hall–Kier alpha value is 0.355. The zero-order valence-corrected chi connectivity index (χ0v) is 3.83. The molecular formula is C3H6BCl. The largest absolute Gasteiger partial charge is 0.127 e. The van der Waals surface area contributed by atoms with Gasteiger partial charge >= 0.3 is 0 Å². The number of alkyl halides is 1. The van der Waals surface area contributed by atoms with Gasteiger partial charge < -0.3 is 0 Å². The lowest BCUT2D eigenvalue weighted by atomic mass is 10.0. The monoisotopic (exact) mass is 88.0 g/mol. The van der Waals surface area contributed by atoms with Gasteiger partial charge in [0, 0.05) is 5.88 Å². The minimum Gasteiger partial charge on any atom is -0.127 e. The van der Waals surface area contributed by atoms with Crippen molar-refractivity contribution in [2.24, 2.45) is 0 Å². The van der Waals surface area contributed by atoms with Gasteiger partial charge in [0.25, 0.3) is 0 Å². The first kappa shape index (κ1) is 5.35. The minimum atomic E-state index is 0.691. The fraction of sp³-hybridized carbons (Fsp3) is 1.00. The van der Waals surface area contributed by atoms with E-state index in [1.807, 2.05) is 0 Å². The van der Waals surface area contributed by atoms with E-state index in [9.17, 15) is 0 Å². The molecule has 0 aromatic heterocycles. The highest BCUT2D eigenvalue weighted by Crippen LogP contribution is 1.84. The van der Waals surface area contributed by atoms with Crippen molar-refractivity contribution in [1.29, 1.82) is 0 Å². The second-order valence-corrected chi connectivity index (χ2v) is 1.21. The van der Waals surface area contributed by atoms with Crippen LogP contribution < -0.4 is 0 Å². The molecule has 2 radical (unpaired) electrons. The maximum absolute atomic E-state index is 5.22. The smallest absolute Gasteiger partial charge is 0.0653 e. The van der Waals surface area contributed by atoms with Crippen LogP contribution >= 0.6 is 11.6 Å². The van der Waals surface area contributed by atoms with Crippen LogP contribution in [0, 0.1) is 0 Å². The summed E-state index contributed by atoms with van der Waals surface area (Å²) in [6.07, 6.45) is 1.64. The van der Waals surface area contributed by atoms with E-state index in [1.165, 1.54) is 0 Å². The molecule has 0 nitrogen and oxygen atoms in total. The summed E-state index contributed by atoms with van der Waals surface area (Å²) in [4.78, 5) is 0. The molecule has 0 aromatic rings. The summed E-state index contributed by atoms with van der Waals surface area (Å²) >= 11 is 5.22. The summed E-state index contributed by atoms with van der Waals surface area (Å²) in [6, 6.07) is 0. The molecule has 0 aliphatic heterocycles. The molecule has 0 saturated heterocycles. The second kappa shape index (κ2) is 4.35. The normalized spacial score (nSPS) is 8.20. The molecule has 0 rings (SSSR count). The van der Waals surface area contributed by atoms with Gasteiger partial charge in [0.15, 0.2) is 0 Å². The van der Waals surface area contributed by atoms with Crippen LogP contribution in [0.4, 0.5) is 0 Å². The van der Waals surface area contributed by atoms with Gasteiger partial charge in [0.1, 0.15) is 0 Å². The lowest BCUT2D eigenvalue weighted by molar-refractivity contribution is 1.09. The minimum absolute atomic E-state index is 0.691. The zero-order chi connectivity index (χ0) is 4.12. The summed E-state index contributed by atoms with van der Waals surface area (Å²) in [5.41, 5.74) is 0. The molecule has 0 amide bonds. The van der Waals surface area contributed by atoms with Crippen LogP contribution in [-0.2, 0) is 0 Å². The highest BCUT2D eigenvalue weighted by molar-refractivity contribution is 6.18. The van der Waals surface area contributed by atoms with Crippen LogP contribution in [0.15, 0.2) is 0 Å². The molecule has 0 spiro atoms. The summed E-state index contributed by atoms with van der Waals surface area (Å²) in [5.74, 6) is 0.691. The molecule has 0 atom stereocenters.